The molecule has 0 fully saturated rings. The molecule has 0 atom stereocenters. The summed E-state index contributed by atoms with van der Waals surface area (Å²) in [5.74, 6) is 0.623. The van der Waals surface area contributed by atoms with Crippen LogP contribution in [-0.2, 0) is 19.5 Å². The van der Waals surface area contributed by atoms with Gasteiger partial charge in [0, 0.05) is 36.1 Å². The highest BCUT2D eigenvalue weighted by Gasteiger charge is 2.23. The summed E-state index contributed by atoms with van der Waals surface area (Å²) in [4.78, 5) is 36.1. The quantitative estimate of drug-likeness (QED) is 0.491. The van der Waals surface area contributed by atoms with Gasteiger partial charge in [-0.3, -0.25) is 14.5 Å². The number of fused-ring (bicyclic) bond motifs is 2. The van der Waals surface area contributed by atoms with Gasteiger partial charge in [-0.1, -0.05) is 22.0 Å². The molecule has 0 radical (unpaired) electrons. The van der Waals surface area contributed by atoms with Crippen molar-refractivity contribution in [3.8, 4) is 10.7 Å². The number of thiophene rings is 1. The van der Waals surface area contributed by atoms with E-state index in [9.17, 15) is 9.59 Å². The van der Waals surface area contributed by atoms with Crippen molar-refractivity contribution in [3.05, 3.63) is 83.8 Å². The largest absolute Gasteiger partial charge is 0.464 e. The molecule has 1 aromatic carbocycles. The molecule has 1 aliphatic rings. The van der Waals surface area contributed by atoms with Crippen molar-refractivity contribution in [1.82, 2.24) is 14.9 Å². The Bertz CT molecular complexity index is 1330. The topological polar surface area (TPSA) is 79.2 Å². The van der Waals surface area contributed by atoms with Gasteiger partial charge in [-0.25, -0.2) is 4.98 Å². The van der Waals surface area contributed by atoms with E-state index in [-0.39, 0.29) is 11.0 Å². The van der Waals surface area contributed by atoms with Crippen molar-refractivity contribution in [3.63, 3.8) is 0 Å². The lowest BCUT2D eigenvalue weighted by molar-refractivity contribution is 0.239. The molecule has 0 aliphatic carbocycles. The molecule has 4 heterocycles. The SMILES string of the molecule is O=c1[nH]c(-c2cccs2)nc2c1CN(Cc1coc3ccc(Br)cc3c1=O)CC2. The molecule has 3 aromatic heterocycles. The summed E-state index contributed by atoms with van der Waals surface area (Å²) in [5.41, 5.74) is 2.50. The van der Waals surface area contributed by atoms with Crippen LogP contribution in [0.15, 0.2) is 60.5 Å². The fourth-order valence-electron chi connectivity index (χ4n) is 3.64. The maximum Gasteiger partial charge on any atom is 0.255 e. The van der Waals surface area contributed by atoms with E-state index in [2.05, 4.69) is 30.8 Å². The van der Waals surface area contributed by atoms with E-state index in [0.717, 1.165) is 21.6 Å². The monoisotopic (exact) mass is 469 g/mol. The van der Waals surface area contributed by atoms with Gasteiger partial charge >= 0.3 is 0 Å². The fourth-order valence-corrected chi connectivity index (χ4v) is 4.67. The third kappa shape index (κ3) is 3.48. The lowest BCUT2D eigenvalue weighted by atomic mass is 10.1. The van der Waals surface area contributed by atoms with Gasteiger partial charge < -0.3 is 9.40 Å². The minimum atomic E-state index is -0.113. The summed E-state index contributed by atoms with van der Waals surface area (Å²) < 4.78 is 6.48. The molecule has 29 heavy (non-hydrogen) atoms. The molecular formula is C21H16BrN3O3S. The first-order valence-electron chi connectivity index (χ1n) is 9.17. The first-order chi connectivity index (χ1) is 14.1. The molecule has 4 aromatic rings. The zero-order valence-corrected chi connectivity index (χ0v) is 17.7. The highest BCUT2D eigenvalue weighted by Crippen LogP contribution is 2.23. The number of H-pyrrole nitrogens is 1. The Labute approximate surface area is 178 Å². The minimum Gasteiger partial charge on any atom is -0.464 e. The van der Waals surface area contributed by atoms with E-state index in [1.807, 2.05) is 23.6 Å². The average molecular weight is 470 g/mol. The molecular weight excluding hydrogens is 454 g/mol. The van der Waals surface area contributed by atoms with Crippen LogP contribution in [0.4, 0.5) is 0 Å². The number of benzene rings is 1. The summed E-state index contributed by atoms with van der Waals surface area (Å²) >= 11 is 4.95. The normalized spacial score (nSPS) is 14.2. The summed E-state index contributed by atoms with van der Waals surface area (Å²) in [6.07, 6.45) is 2.19. The van der Waals surface area contributed by atoms with Gasteiger partial charge in [0.1, 0.15) is 5.58 Å². The van der Waals surface area contributed by atoms with Gasteiger partial charge in [0.15, 0.2) is 11.3 Å². The maximum absolute atomic E-state index is 12.9. The van der Waals surface area contributed by atoms with E-state index in [1.54, 1.807) is 23.5 Å². The molecule has 0 saturated heterocycles. The van der Waals surface area contributed by atoms with Crippen LogP contribution in [0.3, 0.4) is 0 Å². The molecule has 6 nitrogen and oxygen atoms in total. The van der Waals surface area contributed by atoms with Gasteiger partial charge in [-0.05, 0) is 29.6 Å². The zero-order chi connectivity index (χ0) is 20.0. The van der Waals surface area contributed by atoms with E-state index < -0.39 is 0 Å². The van der Waals surface area contributed by atoms with E-state index >= 15 is 0 Å². The van der Waals surface area contributed by atoms with Crippen LogP contribution in [0.5, 0.6) is 0 Å². The standard InChI is InChI=1S/C21H16BrN3O3S/c22-13-3-4-17-14(8-13)19(26)12(11-28-17)9-25-6-5-16-15(10-25)21(27)24-20(23-16)18-2-1-7-29-18/h1-4,7-8,11H,5-6,9-10H2,(H,23,24,27). The molecule has 0 spiro atoms. The fraction of sp³-hybridized carbons (Fsp3) is 0.190. The van der Waals surface area contributed by atoms with E-state index in [4.69, 9.17) is 4.42 Å². The van der Waals surface area contributed by atoms with E-state index in [0.29, 0.717) is 47.4 Å². The van der Waals surface area contributed by atoms with Crippen LogP contribution in [0.25, 0.3) is 21.7 Å². The van der Waals surface area contributed by atoms with Crippen LogP contribution in [0, 0.1) is 0 Å². The minimum absolute atomic E-state index is 0.0431. The van der Waals surface area contributed by atoms with Crippen LogP contribution in [-0.4, -0.2) is 21.4 Å². The molecule has 0 saturated carbocycles. The van der Waals surface area contributed by atoms with Crippen LogP contribution >= 0.6 is 27.3 Å². The smallest absolute Gasteiger partial charge is 0.255 e. The Balaban J connectivity index is 1.43. The molecule has 146 valence electrons. The van der Waals surface area contributed by atoms with Crippen LogP contribution in [0.2, 0.25) is 0 Å². The lowest BCUT2D eigenvalue weighted by Crippen LogP contribution is -2.36. The molecule has 1 N–H and O–H groups in total. The molecule has 0 amide bonds. The number of hydrogen-bond donors (Lipinski definition) is 1. The summed E-state index contributed by atoms with van der Waals surface area (Å²) in [7, 11) is 0. The molecule has 5 rings (SSSR count). The molecule has 0 bridgehead atoms. The van der Waals surface area contributed by atoms with Crippen molar-refractivity contribution in [2.75, 3.05) is 6.54 Å². The number of rotatable bonds is 3. The number of aromatic nitrogens is 2. The predicted molar refractivity (Wildman–Crippen MR) is 116 cm³/mol. The highest BCUT2D eigenvalue weighted by molar-refractivity contribution is 9.10. The second-order valence-electron chi connectivity index (χ2n) is 7.01. The Morgan fingerprint density at radius 3 is 3.00 bits per heavy atom. The Kier molecular flexibility index (Phi) is 4.69. The number of aromatic amines is 1. The van der Waals surface area contributed by atoms with Gasteiger partial charge in [0.2, 0.25) is 0 Å². The van der Waals surface area contributed by atoms with Gasteiger partial charge in [-0.2, -0.15) is 0 Å². The summed E-state index contributed by atoms with van der Waals surface area (Å²) in [5, 5.41) is 2.51. The molecule has 8 heteroatoms. The Morgan fingerprint density at radius 1 is 1.28 bits per heavy atom. The lowest BCUT2D eigenvalue weighted by Gasteiger charge is -2.27. The zero-order valence-electron chi connectivity index (χ0n) is 15.3. The van der Waals surface area contributed by atoms with Gasteiger partial charge in [-0.15, -0.1) is 11.3 Å². The van der Waals surface area contributed by atoms with Crippen molar-refractivity contribution in [2.24, 2.45) is 0 Å². The first-order valence-corrected chi connectivity index (χ1v) is 10.8. The van der Waals surface area contributed by atoms with Crippen molar-refractivity contribution in [2.45, 2.75) is 19.5 Å². The highest BCUT2D eigenvalue weighted by atomic mass is 79.9. The second-order valence-corrected chi connectivity index (χ2v) is 8.87. The van der Waals surface area contributed by atoms with Crippen molar-refractivity contribution >= 4 is 38.2 Å². The molecule has 0 unspecified atom stereocenters. The Hall–Kier alpha value is -2.55. The average Bonchev–Trinajstić information content (AvgIpc) is 3.26. The van der Waals surface area contributed by atoms with E-state index in [1.165, 1.54) is 6.26 Å². The van der Waals surface area contributed by atoms with Gasteiger partial charge in [0.05, 0.1) is 27.8 Å². The van der Waals surface area contributed by atoms with Crippen LogP contribution in [0.1, 0.15) is 16.8 Å². The van der Waals surface area contributed by atoms with Gasteiger partial charge in [0.25, 0.3) is 5.56 Å². The third-order valence-corrected chi connectivity index (χ3v) is 6.47. The molecule has 1 aliphatic heterocycles. The summed E-state index contributed by atoms with van der Waals surface area (Å²) in [6.45, 7) is 1.61. The third-order valence-electron chi connectivity index (χ3n) is 5.10. The van der Waals surface area contributed by atoms with Crippen LogP contribution < -0.4 is 11.0 Å². The van der Waals surface area contributed by atoms with Crippen molar-refractivity contribution in [1.29, 1.82) is 0 Å². The predicted octanol–water partition coefficient (Wildman–Crippen LogP) is 3.93. The maximum atomic E-state index is 12.9. The summed E-state index contributed by atoms with van der Waals surface area (Å²) in [6, 6.07) is 9.28. The number of halogens is 1. The second kappa shape index (κ2) is 7.37. The number of nitrogens with zero attached hydrogens (tertiary/aromatic N) is 2. The number of nitrogens with one attached hydrogen (secondary N) is 1. The van der Waals surface area contributed by atoms with Crippen molar-refractivity contribution < 1.29 is 4.42 Å². The number of hydrogen-bond acceptors (Lipinski definition) is 6. The Morgan fingerprint density at radius 2 is 2.17 bits per heavy atom. The first kappa shape index (κ1) is 18.5.